The topological polar surface area (TPSA) is 86.5 Å². The van der Waals surface area contributed by atoms with E-state index >= 15 is 0 Å². The maximum atomic E-state index is 12.1. The van der Waals surface area contributed by atoms with E-state index in [-0.39, 0.29) is 18.3 Å². The summed E-state index contributed by atoms with van der Waals surface area (Å²) in [4.78, 5) is 12.1. The molecule has 7 nitrogen and oxygen atoms in total. The van der Waals surface area contributed by atoms with E-state index in [1.54, 1.807) is 19.2 Å². The second-order valence-electron chi connectivity index (χ2n) is 5.99. The number of rotatable bonds is 8. The summed E-state index contributed by atoms with van der Waals surface area (Å²) in [5, 5.41) is 11.0. The average molecular weight is 399 g/mol. The standard InChI is InChI=1S/C20H21N3O4S/c1-13-7-6-10-16(14(13)2)26-11-19-22-23-20(27-19)28-12-18(24)21-15-8-4-5-9-17(15)25-3/h4-10H,11-12H2,1-3H3,(H,21,24). The van der Waals surface area contributed by atoms with Crippen LogP contribution in [0.5, 0.6) is 11.5 Å². The lowest BCUT2D eigenvalue weighted by Gasteiger charge is -2.09. The third-order valence-corrected chi connectivity index (χ3v) is 4.88. The fraction of sp³-hybridized carbons (Fsp3) is 0.250. The van der Waals surface area contributed by atoms with Crippen molar-refractivity contribution in [2.45, 2.75) is 25.7 Å². The highest BCUT2D eigenvalue weighted by Crippen LogP contribution is 2.25. The summed E-state index contributed by atoms with van der Waals surface area (Å²) in [7, 11) is 1.56. The Labute approximate surface area is 167 Å². The zero-order valence-electron chi connectivity index (χ0n) is 15.9. The molecule has 1 N–H and O–H groups in total. The lowest BCUT2D eigenvalue weighted by atomic mass is 10.1. The van der Waals surface area contributed by atoms with Gasteiger partial charge >= 0.3 is 0 Å². The van der Waals surface area contributed by atoms with Crippen LogP contribution < -0.4 is 14.8 Å². The molecule has 2 aromatic carbocycles. The molecule has 146 valence electrons. The number of hydrogen-bond donors (Lipinski definition) is 1. The van der Waals surface area contributed by atoms with Crippen molar-refractivity contribution in [3.8, 4) is 11.5 Å². The van der Waals surface area contributed by atoms with Crippen molar-refractivity contribution >= 4 is 23.4 Å². The van der Waals surface area contributed by atoms with Gasteiger partial charge in [0.25, 0.3) is 11.1 Å². The third kappa shape index (κ3) is 5.04. The fourth-order valence-electron chi connectivity index (χ4n) is 2.44. The Kier molecular flexibility index (Phi) is 6.54. The normalized spacial score (nSPS) is 10.5. The van der Waals surface area contributed by atoms with E-state index in [9.17, 15) is 4.79 Å². The highest BCUT2D eigenvalue weighted by molar-refractivity contribution is 7.99. The van der Waals surface area contributed by atoms with Gasteiger partial charge in [0.2, 0.25) is 5.91 Å². The summed E-state index contributed by atoms with van der Waals surface area (Å²) in [5.74, 6) is 1.68. The number of thioether (sulfide) groups is 1. The Bertz CT molecular complexity index is 958. The molecule has 0 aliphatic carbocycles. The number of amides is 1. The second-order valence-corrected chi connectivity index (χ2v) is 6.91. The number of methoxy groups -OCH3 is 1. The van der Waals surface area contributed by atoms with Crippen molar-refractivity contribution in [2.75, 3.05) is 18.2 Å². The highest BCUT2D eigenvalue weighted by atomic mass is 32.2. The molecule has 0 saturated heterocycles. The number of hydrogen-bond acceptors (Lipinski definition) is 7. The van der Waals surface area contributed by atoms with E-state index in [1.165, 1.54) is 0 Å². The van der Waals surface area contributed by atoms with Gasteiger partial charge in [-0.1, -0.05) is 36.0 Å². The largest absolute Gasteiger partial charge is 0.495 e. The minimum absolute atomic E-state index is 0.136. The van der Waals surface area contributed by atoms with Crippen molar-refractivity contribution in [1.82, 2.24) is 10.2 Å². The Balaban J connectivity index is 1.50. The molecule has 0 aliphatic heterocycles. The van der Waals surface area contributed by atoms with Crippen LogP contribution in [-0.2, 0) is 11.4 Å². The number of anilines is 1. The molecule has 0 aliphatic rings. The van der Waals surface area contributed by atoms with Crippen LogP contribution in [0.1, 0.15) is 17.0 Å². The molecular weight excluding hydrogens is 378 g/mol. The van der Waals surface area contributed by atoms with Gasteiger partial charge in [-0.2, -0.15) is 0 Å². The van der Waals surface area contributed by atoms with Gasteiger partial charge in [-0.3, -0.25) is 4.79 Å². The summed E-state index contributed by atoms with van der Waals surface area (Å²) < 4.78 is 16.5. The van der Waals surface area contributed by atoms with Crippen LogP contribution in [-0.4, -0.2) is 29.0 Å². The Hall–Kier alpha value is -3.00. The molecule has 1 amide bonds. The van der Waals surface area contributed by atoms with Gasteiger partial charge in [0.05, 0.1) is 18.6 Å². The molecule has 8 heteroatoms. The number of nitrogens with zero attached hydrogens (tertiary/aromatic N) is 2. The van der Waals surface area contributed by atoms with E-state index in [1.807, 2.05) is 44.2 Å². The SMILES string of the molecule is COc1ccccc1NC(=O)CSc1nnc(COc2cccc(C)c2C)o1. The number of carbonyl (C=O) groups is 1. The first kappa shape index (κ1) is 19.8. The molecule has 0 saturated carbocycles. The van der Waals surface area contributed by atoms with Crippen LogP contribution in [0.25, 0.3) is 0 Å². The van der Waals surface area contributed by atoms with E-state index in [0.29, 0.717) is 22.6 Å². The number of aryl methyl sites for hydroxylation is 1. The molecule has 0 fully saturated rings. The van der Waals surface area contributed by atoms with Gasteiger partial charge < -0.3 is 19.2 Å². The van der Waals surface area contributed by atoms with Gasteiger partial charge in [-0.05, 0) is 43.2 Å². The summed E-state index contributed by atoms with van der Waals surface area (Å²) >= 11 is 1.16. The molecule has 0 atom stereocenters. The van der Waals surface area contributed by atoms with Crippen LogP contribution in [0.15, 0.2) is 52.1 Å². The summed E-state index contributed by atoms with van der Waals surface area (Å²) in [5.41, 5.74) is 2.84. The van der Waals surface area contributed by atoms with Crippen LogP contribution in [0, 0.1) is 13.8 Å². The molecule has 3 aromatic rings. The minimum atomic E-state index is -0.194. The van der Waals surface area contributed by atoms with Gasteiger partial charge in [-0.15, -0.1) is 10.2 Å². The number of aromatic nitrogens is 2. The lowest BCUT2D eigenvalue weighted by Crippen LogP contribution is -2.14. The number of para-hydroxylation sites is 2. The van der Waals surface area contributed by atoms with Gasteiger partial charge in [0.15, 0.2) is 6.61 Å². The maximum Gasteiger partial charge on any atom is 0.277 e. The zero-order valence-corrected chi connectivity index (χ0v) is 16.7. The maximum absolute atomic E-state index is 12.1. The van der Waals surface area contributed by atoms with Gasteiger partial charge in [0, 0.05) is 0 Å². The quantitative estimate of drug-likeness (QED) is 0.573. The predicted molar refractivity (Wildman–Crippen MR) is 107 cm³/mol. The molecule has 3 rings (SSSR count). The molecular formula is C20H21N3O4S. The molecule has 1 heterocycles. The van der Waals surface area contributed by atoms with Crippen LogP contribution in [0.2, 0.25) is 0 Å². The summed E-state index contributed by atoms with van der Waals surface area (Å²) in [6.45, 7) is 4.20. The number of ether oxygens (including phenoxy) is 2. The molecule has 1 aromatic heterocycles. The number of carbonyl (C=O) groups excluding carboxylic acids is 1. The van der Waals surface area contributed by atoms with E-state index in [2.05, 4.69) is 15.5 Å². The summed E-state index contributed by atoms with van der Waals surface area (Å²) in [6, 6.07) is 13.1. The molecule has 0 bridgehead atoms. The zero-order chi connectivity index (χ0) is 19.9. The Morgan fingerprint density at radius 3 is 2.71 bits per heavy atom. The molecule has 28 heavy (non-hydrogen) atoms. The van der Waals surface area contributed by atoms with Crippen molar-refractivity contribution in [2.24, 2.45) is 0 Å². The monoisotopic (exact) mass is 399 g/mol. The van der Waals surface area contributed by atoms with Crippen molar-refractivity contribution < 1.29 is 18.7 Å². The number of nitrogens with one attached hydrogen (secondary N) is 1. The molecule has 0 radical (unpaired) electrons. The second kappa shape index (κ2) is 9.27. The average Bonchev–Trinajstić information content (AvgIpc) is 3.16. The van der Waals surface area contributed by atoms with E-state index in [4.69, 9.17) is 13.9 Å². The third-order valence-electron chi connectivity index (χ3n) is 4.06. The van der Waals surface area contributed by atoms with Crippen molar-refractivity contribution in [3.05, 3.63) is 59.5 Å². The fourth-order valence-corrected chi connectivity index (χ4v) is 3.02. The first-order valence-corrected chi connectivity index (χ1v) is 9.62. The smallest absolute Gasteiger partial charge is 0.277 e. The predicted octanol–water partition coefficient (Wildman–Crippen LogP) is 4.00. The van der Waals surface area contributed by atoms with Crippen molar-refractivity contribution in [1.29, 1.82) is 0 Å². The molecule has 0 unspecified atom stereocenters. The summed E-state index contributed by atoms with van der Waals surface area (Å²) in [6.07, 6.45) is 0. The number of benzene rings is 2. The first-order chi connectivity index (χ1) is 13.6. The Morgan fingerprint density at radius 2 is 1.89 bits per heavy atom. The van der Waals surface area contributed by atoms with E-state index < -0.39 is 0 Å². The van der Waals surface area contributed by atoms with Crippen LogP contribution in [0.3, 0.4) is 0 Å². The van der Waals surface area contributed by atoms with Crippen molar-refractivity contribution in [3.63, 3.8) is 0 Å². The van der Waals surface area contributed by atoms with Gasteiger partial charge in [0.1, 0.15) is 11.5 Å². The lowest BCUT2D eigenvalue weighted by molar-refractivity contribution is -0.113. The van der Waals surface area contributed by atoms with Gasteiger partial charge in [-0.25, -0.2) is 0 Å². The van der Waals surface area contributed by atoms with Crippen LogP contribution in [0.4, 0.5) is 5.69 Å². The first-order valence-electron chi connectivity index (χ1n) is 8.64. The Morgan fingerprint density at radius 1 is 1.11 bits per heavy atom. The minimum Gasteiger partial charge on any atom is -0.495 e. The van der Waals surface area contributed by atoms with Crippen LogP contribution >= 0.6 is 11.8 Å². The molecule has 0 spiro atoms. The highest BCUT2D eigenvalue weighted by Gasteiger charge is 2.12. The van der Waals surface area contributed by atoms with E-state index in [0.717, 1.165) is 28.6 Å².